The number of fused-ring (bicyclic) bond motifs is 1. The van der Waals surface area contributed by atoms with Gasteiger partial charge in [-0.05, 0) is 31.0 Å². The van der Waals surface area contributed by atoms with Crippen molar-refractivity contribution in [3.63, 3.8) is 0 Å². The number of nitrogens with zero attached hydrogens (tertiary/aromatic N) is 2. The van der Waals surface area contributed by atoms with Crippen LogP contribution in [-0.2, 0) is 0 Å². The van der Waals surface area contributed by atoms with E-state index >= 15 is 0 Å². The number of carbonyl (C=O) groups is 1. The lowest BCUT2D eigenvalue weighted by molar-refractivity contribution is 0.102. The average Bonchev–Trinajstić information content (AvgIpc) is 3.27. The Morgan fingerprint density at radius 3 is 2.81 bits per heavy atom. The van der Waals surface area contributed by atoms with E-state index < -0.39 is 0 Å². The zero-order valence-electron chi connectivity index (χ0n) is 11.2. The standard InChI is InChI=1S/C14H13N3O3S/c18-12(15-14-17-16-13(21-14)8-1-2-8)9-3-4-10-11(7-9)20-6-5-19-10/h3-4,7-8H,1-2,5-6H2,(H,15,17,18). The van der Waals surface area contributed by atoms with Gasteiger partial charge in [-0.25, -0.2) is 0 Å². The molecule has 108 valence electrons. The molecule has 1 aliphatic carbocycles. The Kier molecular flexibility index (Phi) is 2.99. The normalized spacial score (nSPS) is 16.6. The lowest BCUT2D eigenvalue weighted by Crippen LogP contribution is -2.17. The Bertz CT molecular complexity index is 697. The fourth-order valence-corrected chi connectivity index (χ4v) is 3.04. The SMILES string of the molecule is O=C(Nc1nnc(C2CC2)s1)c1ccc2c(c1)OCCO2. The summed E-state index contributed by atoms with van der Waals surface area (Å²) in [5.41, 5.74) is 0.516. The van der Waals surface area contributed by atoms with E-state index in [9.17, 15) is 4.79 Å². The first kappa shape index (κ1) is 12.6. The summed E-state index contributed by atoms with van der Waals surface area (Å²) in [4.78, 5) is 12.2. The van der Waals surface area contributed by atoms with Crippen LogP contribution in [0.15, 0.2) is 18.2 Å². The Morgan fingerprint density at radius 2 is 2.00 bits per heavy atom. The minimum absolute atomic E-state index is 0.217. The van der Waals surface area contributed by atoms with Crippen molar-refractivity contribution in [2.24, 2.45) is 0 Å². The highest BCUT2D eigenvalue weighted by Gasteiger charge is 2.27. The van der Waals surface area contributed by atoms with Gasteiger partial charge in [-0.3, -0.25) is 10.1 Å². The van der Waals surface area contributed by atoms with Gasteiger partial charge >= 0.3 is 0 Å². The molecule has 0 unspecified atom stereocenters. The van der Waals surface area contributed by atoms with E-state index in [-0.39, 0.29) is 5.91 Å². The second kappa shape index (κ2) is 5.00. The lowest BCUT2D eigenvalue weighted by atomic mass is 10.2. The number of nitrogens with one attached hydrogen (secondary N) is 1. The van der Waals surface area contributed by atoms with Crippen molar-refractivity contribution in [2.75, 3.05) is 18.5 Å². The molecule has 1 aliphatic heterocycles. The van der Waals surface area contributed by atoms with Gasteiger partial charge in [-0.2, -0.15) is 0 Å². The Balaban J connectivity index is 1.50. The van der Waals surface area contributed by atoms with Gasteiger partial charge in [0.1, 0.15) is 18.2 Å². The fourth-order valence-electron chi connectivity index (χ4n) is 2.13. The maximum atomic E-state index is 12.2. The van der Waals surface area contributed by atoms with Gasteiger partial charge in [0, 0.05) is 11.5 Å². The maximum Gasteiger partial charge on any atom is 0.257 e. The van der Waals surface area contributed by atoms with E-state index in [0.717, 1.165) is 5.01 Å². The zero-order valence-corrected chi connectivity index (χ0v) is 12.0. The highest BCUT2D eigenvalue weighted by Crippen LogP contribution is 2.42. The van der Waals surface area contributed by atoms with Crippen LogP contribution in [0.1, 0.15) is 34.1 Å². The summed E-state index contributed by atoms with van der Waals surface area (Å²) in [7, 11) is 0. The molecule has 1 amide bonds. The van der Waals surface area contributed by atoms with Gasteiger partial charge in [0.15, 0.2) is 11.5 Å². The predicted octanol–water partition coefficient (Wildman–Crippen LogP) is 2.44. The third-order valence-corrected chi connectivity index (χ3v) is 4.39. The topological polar surface area (TPSA) is 73.3 Å². The second-order valence-corrected chi connectivity index (χ2v) is 6.04. The smallest absolute Gasteiger partial charge is 0.257 e. The monoisotopic (exact) mass is 303 g/mol. The van der Waals surface area contributed by atoms with Crippen molar-refractivity contribution in [1.29, 1.82) is 0 Å². The van der Waals surface area contributed by atoms with Crippen molar-refractivity contribution in [3.8, 4) is 11.5 Å². The highest BCUT2D eigenvalue weighted by molar-refractivity contribution is 7.15. The molecule has 0 spiro atoms. The van der Waals surface area contributed by atoms with E-state index in [2.05, 4.69) is 15.5 Å². The number of anilines is 1. The highest BCUT2D eigenvalue weighted by atomic mass is 32.1. The van der Waals surface area contributed by atoms with E-state index in [4.69, 9.17) is 9.47 Å². The number of benzene rings is 1. The van der Waals surface area contributed by atoms with E-state index in [0.29, 0.717) is 41.3 Å². The second-order valence-electron chi connectivity index (χ2n) is 5.03. The predicted molar refractivity (Wildman–Crippen MR) is 77.3 cm³/mol. The summed E-state index contributed by atoms with van der Waals surface area (Å²) < 4.78 is 10.9. The van der Waals surface area contributed by atoms with Gasteiger partial charge in [-0.15, -0.1) is 10.2 Å². The Labute approximate surface area is 125 Å². The molecule has 2 aromatic rings. The maximum absolute atomic E-state index is 12.2. The summed E-state index contributed by atoms with van der Waals surface area (Å²) >= 11 is 1.45. The summed E-state index contributed by atoms with van der Waals surface area (Å²) in [5.74, 6) is 1.60. The number of rotatable bonds is 3. The van der Waals surface area contributed by atoms with Crippen molar-refractivity contribution in [3.05, 3.63) is 28.8 Å². The Hall–Kier alpha value is -2.15. The van der Waals surface area contributed by atoms with Crippen molar-refractivity contribution < 1.29 is 14.3 Å². The summed E-state index contributed by atoms with van der Waals surface area (Å²) in [6.07, 6.45) is 2.34. The third kappa shape index (κ3) is 2.56. The third-order valence-electron chi connectivity index (χ3n) is 3.39. The van der Waals surface area contributed by atoms with Crippen LogP contribution >= 0.6 is 11.3 Å². The number of amides is 1. The molecule has 2 heterocycles. The van der Waals surface area contributed by atoms with E-state index in [1.54, 1.807) is 18.2 Å². The van der Waals surface area contributed by atoms with Gasteiger partial charge in [-0.1, -0.05) is 11.3 Å². The molecule has 0 bridgehead atoms. The number of hydrogen-bond donors (Lipinski definition) is 1. The first-order valence-electron chi connectivity index (χ1n) is 6.84. The lowest BCUT2D eigenvalue weighted by Gasteiger charge is -2.18. The molecule has 1 aromatic heterocycles. The molecule has 1 N–H and O–H groups in total. The quantitative estimate of drug-likeness (QED) is 0.942. The molecule has 1 fully saturated rings. The number of hydrogen-bond acceptors (Lipinski definition) is 6. The van der Waals surface area contributed by atoms with Crippen molar-refractivity contribution in [2.45, 2.75) is 18.8 Å². The van der Waals surface area contributed by atoms with Crippen molar-refractivity contribution in [1.82, 2.24) is 10.2 Å². The average molecular weight is 303 g/mol. The number of aromatic nitrogens is 2. The molecule has 1 aromatic carbocycles. The summed E-state index contributed by atoms with van der Waals surface area (Å²) in [6, 6.07) is 5.15. The number of ether oxygens (including phenoxy) is 2. The van der Waals surface area contributed by atoms with Crippen LogP contribution in [0, 0.1) is 0 Å². The molecule has 6 nitrogen and oxygen atoms in total. The minimum atomic E-state index is -0.217. The van der Waals surface area contributed by atoms with Crippen LogP contribution in [0.25, 0.3) is 0 Å². The molecule has 7 heteroatoms. The molecular formula is C14H13N3O3S. The summed E-state index contributed by atoms with van der Waals surface area (Å²) in [6.45, 7) is 1.03. The van der Waals surface area contributed by atoms with Crippen molar-refractivity contribution >= 4 is 22.4 Å². The molecule has 2 aliphatic rings. The van der Waals surface area contributed by atoms with E-state index in [1.165, 1.54) is 24.2 Å². The largest absolute Gasteiger partial charge is 0.486 e. The summed E-state index contributed by atoms with van der Waals surface area (Å²) in [5, 5.41) is 12.4. The van der Waals surface area contributed by atoms with Crippen LogP contribution in [0.3, 0.4) is 0 Å². The molecule has 0 radical (unpaired) electrons. The molecule has 4 rings (SSSR count). The first-order chi connectivity index (χ1) is 10.3. The number of carbonyl (C=O) groups excluding carboxylic acids is 1. The van der Waals surface area contributed by atoms with Gasteiger partial charge in [0.2, 0.25) is 5.13 Å². The first-order valence-corrected chi connectivity index (χ1v) is 7.65. The minimum Gasteiger partial charge on any atom is -0.486 e. The molecule has 1 saturated carbocycles. The van der Waals surface area contributed by atoms with Crippen LogP contribution in [0.5, 0.6) is 11.5 Å². The van der Waals surface area contributed by atoms with Crippen LogP contribution < -0.4 is 14.8 Å². The van der Waals surface area contributed by atoms with E-state index in [1.807, 2.05) is 0 Å². The molecule has 21 heavy (non-hydrogen) atoms. The van der Waals surface area contributed by atoms with Gasteiger partial charge < -0.3 is 9.47 Å². The van der Waals surface area contributed by atoms with Gasteiger partial charge in [0.05, 0.1) is 0 Å². The fraction of sp³-hybridized carbons (Fsp3) is 0.357. The van der Waals surface area contributed by atoms with Gasteiger partial charge in [0.25, 0.3) is 5.91 Å². The molecular weight excluding hydrogens is 290 g/mol. The Morgan fingerprint density at radius 1 is 1.19 bits per heavy atom. The van der Waals surface area contributed by atoms with Crippen LogP contribution in [0.2, 0.25) is 0 Å². The van der Waals surface area contributed by atoms with Crippen LogP contribution in [0.4, 0.5) is 5.13 Å². The molecule has 0 atom stereocenters. The van der Waals surface area contributed by atoms with Crippen LogP contribution in [-0.4, -0.2) is 29.3 Å². The molecule has 0 saturated heterocycles. The zero-order chi connectivity index (χ0) is 14.2.